The van der Waals surface area contributed by atoms with Crippen LogP contribution in [-0.4, -0.2) is 17.7 Å². The van der Waals surface area contributed by atoms with Gasteiger partial charge in [0, 0.05) is 5.56 Å². The molecule has 2 aromatic rings. The lowest BCUT2D eigenvalue weighted by Gasteiger charge is -2.23. The zero-order valence-corrected chi connectivity index (χ0v) is 10.5. The minimum Gasteiger partial charge on any atom is -0.429 e. The molecule has 2 nitrogen and oxygen atoms in total. The Morgan fingerprint density at radius 3 is 2.25 bits per heavy atom. The molecule has 0 heterocycles. The van der Waals surface area contributed by atoms with E-state index in [-0.39, 0.29) is 13.5 Å². The van der Waals surface area contributed by atoms with Gasteiger partial charge >= 0.3 is 7.69 Å². The van der Waals surface area contributed by atoms with Gasteiger partial charge in [-0.15, -0.1) is 0 Å². The second-order valence-electron chi connectivity index (χ2n) is 4.52. The highest BCUT2D eigenvalue weighted by atomic mass is 19.1. The average molecular weight is 265 g/mol. The molecule has 2 aliphatic carbocycles. The molecule has 1 radical (unpaired) electrons. The summed E-state index contributed by atoms with van der Waals surface area (Å²) in [6.07, 6.45) is 0. The summed E-state index contributed by atoms with van der Waals surface area (Å²) in [5, 5.41) is 16.4. The molecule has 0 atom stereocenters. The van der Waals surface area contributed by atoms with Gasteiger partial charge in [0.15, 0.2) is 0 Å². The molecule has 0 aliphatic heterocycles. The van der Waals surface area contributed by atoms with Gasteiger partial charge in [0.2, 0.25) is 0 Å². The second kappa shape index (κ2) is 5.08. The van der Waals surface area contributed by atoms with Crippen molar-refractivity contribution in [3.05, 3.63) is 60.4 Å². The van der Waals surface area contributed by atoms with Crippen molar-refractivity contribution in [1.29, 1.82) is 0 Å². The molecule has 0 unspecified atom stereocenters. The van der Waals surface area contributed by atoms with Crippen LogP contribution < -0.4 is 0 Å². The zero-order chi connectivity index (χ0) is 14.1. The van der Waals surface area contributed by atoms with Crippen molar-refractivity contribution >= 4 is 18.5 Å². The van der Waals surface area contributed by atoms with Crippen molar-refractivity contribution in [2.75, 3.05) is 0 Å². The van der Waals surface area contributed by atoms with Crippen LogP contribution in [0.5, 0.6) is 0 Å². The molecule has 4 rings (SSSR count). The van der Waals surface area contributed by atoms with Crippen molar-refractivity contribution in [3.8, 4) is 22.3 Å². The van der Waals surface area contributed by atoms with Crippen molar-refractivity contribution in [2.45, 2.75) is 0 Å². The van der Waals surface area contributed by atoms with Crippen LogP contribution in [0.1, 0.15) is 0 Å². The lowest BCUT2D eigenvalue weighted by atomic mass is 9.81. The molecule has 2 aromatic carbocycles. The standard InChI is InChI=1S/C16H9F.BH2O2/c17-15-9-11-8-14(16(11)15)13-7-3-5-10-4-1-2-6-12(10)13;2-1-3/h1-9H;2-3H. The first kappa shape index (κ1) is 12.8. The van der Waals surface area contributed by atoms with Gasteiger partial charge in [-0.25, -0.2) is 4.39 Å². The van der Waals surface area contributed by atoms with Gasteiger partial charge in [-0.05, 0) is 39.6 Å². The van der Waals surface area contributed by atoms with Gasteiger partial charge in [-0.2, -0.15) is 0 Å². The van der Waals surface area contributed by atoms with Crippen LogP contribution in [0.15, 0.2) is 54.6 Å². The minimum absolute atomic E-state index is 0. The SMILES string of the molecule is Fc1cc2cc(-c3cccc4ccccc34)c1-2.O[B]O. The number of hydrogen-bond acceptors (Lipinski definition) is 2. The lowest BCUT2D eigenvalue weighted by Crippen LogP contribution is -2.02. The van der Waals surface area contributed by atoms with E-state index < -0.39 is 0 Å². The zero-order valence-electron chi connectivity index (χ0n) is 10.5. The molecule has 4 heteroatoms. The third kappa shape index (κ3) is 1.90. The van der Waals surface area contributed by atoms with Crippen LogP contribution in [0.4, 0.5) is 4.39 Å². The van der Waals surface area contributed by atoms with Gasteiger partial charge in [0.1, 0.15) is 5.82 Å². The van der Waals surface area contributed by atoms with Crippen molar-refractivity contribution < 1.29 is 14.4 Å². The maximum atomic E-state index is 13.3. The first-order chi connectivity index (χ1) is 9.76. The Morgan fingerprint density at radius 2 is 1.55 bits per heavy atom. The van der Waals surface area contributed by atoms with Crippen LogP contribution in [0.25, 0.3) is 33.0 Å². The normalized spacial score (nSPS) is 10.8. The topological polar surface area (TPSA) is 40.5 Å². The largest absolute Gasteiger partial charge is 0.482 e. The predicted molar refractivity (Wildman–Crippen MR) is 78.5 cm³/mol. The molecule has 0 bridgehead atoms. The van der Waals surface area contributed by atoms with Crippen LogP contribution in [0.2, 0.25) is 0 Å². The Kier molecular flexibility index (Phi) is 3.26. The Labute approximate surface area is 116 Å². The quantitative estimate of drug-likeness (QED) is 0.519. The summed E-state index contributed by atoms with van der Waals surface area (Å²) in [6, 6.07) is 18.0. The van der Waals surface area contributed by atoms with Gasteiger partial charge in [-0.1, -0.05) is 42.5 Å². The van der Waals surface area contributed by atoms with E-state index >= 15 is 0 Å². The van der Waals surface area contributed by atoms with E-state index in [4.69, 9.17) is 10.0 Å². The van der Waals surface area contributed by atoms with Gasteiger partial charge in [0.05, 0.1) is 0 Å². The number of rotatable bonds is 1. The molecule has 2 aliphatic rings. The molecule has 20 heavy (non-hydrogen) atoms. The monoisotopic (exact) mass is 265 g/mol. The fraction of sp³-hybridized carbons (Fsp3) is 0. The lowest BCUT2D eigenvalue weighted by molar-refractivity contribution is 0.448. The van der Waals surface area contributed by atoms with Crippen molar-refractivity contribution in [3.63, 3.8) is 0 Å². The van der Waals surface area contributed by atoms with Crippen LogP contribution in [0, 0.1) is 5.82 Å². The Balaban J connectivity index is 0.000000373. The van der Waals surface area contributed by atoms with Gasteiger partial charge in [-0.3, -0.25) is 0 Å². The maximum Gasteiger partial charge on any atom is 0.482 e. The van der Waals surface area contributed by atoms with Crippen molar-refractivity contribution in [1.82, 2.24) is 0 Å². The Bertz CT molecular complexity index is 781. The second-order valence-corrected chi connectivity index (χ2v) is 4.52. The highest BCUT2D eigenvalue weighted by molar-refractivity contribution is 6.13. The van der Waals surface area contributed by atoms with E-state index in [1.54, 1.807) is 6.07 Å². The molecule has 0 amide bonds. The smallest absolute Gasteiger partial charge is 0.429 e. The molecule has 97 valence electrons. The van der Waals surface area contributed by atoms with E-state index in [2.05, 4.69) is 30.3 Å². The third-order valence-electron chi connectivity index (χ3n) is 3.46. The highest BCUT2D eigenvalue weighted by Crippen LogP contribution is 2.47. The third-order valence-corrected chi connectivity index (χ3v) is 3.46. The van der Waals surface area contributed by atoms with E-state index in [1.807, 2.05) is 18.2 Å². The van der Waals surface area contributed by atoms with E-state index in [0.717, 1.165) is 22.3 Å². The van der Waals surface area contributed by atoms with Gasteiger partial charge < -0.3 is 10.0 Å². The molecule has 0 saturated carbocycles. The predicted octanol–water partition coefficient (Wildman–Crippen LogP) is 3.13. The Hall–Kier alpha value is -2.17. The maximum absolute atomic E-state index is 13.3. The van der Waals surface area contributed by atoms with Crippen LogP contribution in [0.3, 0.4) is 0 Å². The summed E-state index contributed by atoms with van der Waals surface area (Å²) in [7, 11) is 0. The van der Waals surface area contributed by atoms with E-state index in [9.17, 15) is 4.39 Å². The molecule has 2 N–H and O–H groups in total. The number of halogens is 1. The minimum atomic E-state index is -0.0783. The highest BCUT2D eigenvalue weighted by Gasteiger charge is 2.25. The molecule has 0 aromatic heterocycles. The van der Waals surface area contributed by atoms with Gasteiger partial charge in [0.25, 0.3) is 0 Å². The van der Waals surface area contributed by atoms with Crippen LogP contribution in [-0.2, 0) is 0 Å². The van der Waals surface area contributed by atoms with E-state index in [0.29, 0.717) is 0 Å². The van der Waals surface area contributed by atoms with Crippen molar-refractivity contribution in [2.24, 2.45) is 0 Å². The molecule has 0 fully saturated rings. The van der Waals surface area contributed by atoms with Crippen LogP contribution >= 0.6 is 0 Å². The summed E-state index contributed by atoms with van der Waals surface area (Å²) in [5.74, 6) is -0.0783. The number of benzene rings is 3. The first-order valence-electron chi connectivity index (χ1n) is 6.18. The van der Waals surface area contributed by atoms with E-state index in [1.165, 1.54) is 10.8 Å². The number of hydrogen-bond donors (Lipinski definition) is 2. The molecule has 0 saturated heterocycles. The fourth-order valence-corrected chi connectivity index (χ4v) is 2.56. The molecular formula is C16H11BFO2. The Morgan fingerprint density at radius 1 is 0.850 bits per heavy atom. The molecule has 0 spiro atoms. The summed E-state index contributed by atoms with van der Waals surface area (Å²) < 4.78 is 13.3. The molecular weight excluding hydrogens is 254 g/mol. The summed E-state index contributed by atoms with van der Waals surface area (Å²) in [4.78, 5) is 0. The summed E-state index contributed by atoms with van der Waals surface area (Å²) in [5.41, 5.74) is 4.02. The summed E-state index contributed by atoms with van der Waals surface area (Å²) in [6.45, 7) is 0. The fourth-order valence-electron chi connectivity index (χ4n) is 2.56. The first-order valence-corrected chi connectivity index (χ1v) is 6.18. The number of fused-ring (bicyclic) bond motifs is 2. The summed E-state index contributed by atoms with van der Waals surface area (Å²) >= 11 is 0. The average Bonchev–Trinajstić information content (AvgIpc) is 2.44.